The molecule has 10 heteroatoms. The third-order valence-corrected chi connectivity index (χ3v) is 5.15. The number of aromatic nitrogens is 2. The van der Waals surface area contributed by atoms with Crippen LogP contribution in [0.5, 0.6) is 11.5 Å². The van der Waals surface area contributed by atoms with E-state index in [1.807, 2.05) is 13.0 Å². The number of methoxy groups -OCH3 is 1. The van der Waals surface area contributed by atoms with E-state index in [1.165, 1.54) is 13.2 Å². The lowest BCUT2D eigenvalue weighted by Crippen LogP contribution is -2.52. The molecule has 1 aliphatic heterocycles. The van der Waals surface area contributed by atoms with Crippen LogP contribution in [0.4, 0.5) is 19.4 Å². The van der Waals surface area contributed by atoms with E-state index in [2.05, 4.69) is 38.8 Å². The molecular formula is C22H29F2N5O3. The highest BCUT2D eigenvalue weighted by molar-refractivity contribution is 5.74. The van der Waals surface area contributed by atoms with Crippen molar-refractivity contribution in [3.63, 3.8) is 0 Å². The number of nitrogens with zero attached hydrogens (tertiary/aromatic N) is 4. The normalized spacial score (nSPS) is 14.1. The summed E-state index contributed by atoms with van der Waals surface area (Å²) in [5.74, 6) is 2.09. The molecule has 2 amide bonds. The highest BCUT2D eigenvalue weighted by Gasteiger charge is 2.23. The SMILES string of the molecule is COc1cc(CNC(=O)N2CCN(c3cc(C)nc(C(C)C)n3)CC2)ccc1OC(F)F. The molecule has 8 nitrogen and oxygen atoms in total. The number of rotatable bonds is 7. The number of aryl methyl sites for hydroxylation is 1. The smallest absolute Gasteiger partial charge is 0.387 e. The van der Waals surface area contributed by atoms with E-state index in [1.54, 1.807) is 17.0 Å². The van der Waals surface area contributed by atoms with Gasteiger partial charge in [0, 0.05) is 50.4 Å². The van der Waals surface area contributed by atoms with Crippen LogP contribution in [0.1, 0.15) is 36.8 Å². The van der Waals surface area contributed by atoms with Gasteiger partial charge in [0.2, 0.25) is 0 Å². The van der Waals surface area contributed by atoms with Gasteiger partial charge in [0.25, 0.3) is 0 Å². The number of benzene rings is 1. The van der Waals surface area contributed by atoms with Crippen molar-refractivity contribution in [3.8, 4) is 11.5 Å². The van der Waals surface area contributed by atoms with Crippen molar-refractivity contribution >= 4 is 11.8 Å². The van der Waals surface area contributed by atoms with Gasteiger partial charge in [-0.25, -0.2) is 14.8 Å². The van der Waals surface area contributed by atoms with Crippen LogP contribution in [-0.2, 0) is 6.54 Å². The minimum Gasteiger partial charge on any atom is -0.493 e. The molecule has 1 N–H and O–H groups in total. The summed E-state index contributed by atoms with van der Waals surface area (Å²) in [6.45, 7) is 5.88. The van der Waals surface area contributed by atoms with E-state index >= 15 is 0 Å². The van der Waals surface area contributed by atoms with Crippen molar-refractivity contribution in [2.24, 2.45) is 0 Å². The molecule has 0 bridgehead atoms. The number of halogens is 2. The second-order valence-corrected chi connectivity index (χ2v) is 7.88. The quantitative estimate of drug-likeness (QED) is 0.697. The minimum atomic E-state index is -2.93. The van der Waals surface area contributed by atoms with Crippen molar-refractivity contribution in [2.45, 2.75) is 39.8 Å². The van der Waals surface area contributed by atoms with E-state index in [4.69, 9.17) is 4.74 Å². The monoisotopic (exact) mass is 449 g/mol. The van der Waals surface area contributed by atoms with Crippen LogP contribution in [0.25, 0.3) is 0 Å². The van der Waals surface area contributed by atoms with Gasteiger partial charge in [-0.3, -0.25) is 0 Å². The Morgan fingerprint density at radius 1 is 1.12 bits per heavy atom. The highest BCUT2D eigenvalue weighted by atomic mass is 19.3. The molecule has 0 atom stereocenters. The summed E-state index contributed by atoms with van der Waals surface area (Å²) < 4.78 is 34.4. The van der Waals surface area contributed by atoms with Gasteiger partial charge in [-0.2, -0.15) is 8.78 Å². The third kappa shape index (κ3) is 5.95. The number of piperazine rings is 1. The average molecular weight is 450 g/mol. The summed E-state index contributed by atoms with van der Waals surface area (Å²) in [6, 6.07) is 6.37. The molecule has 0 radical (unpaired) electrons. The van der Waals surface area contributed by atoms with Crippen molar-refractivity contribution in [1.82, 2.24) is 20.2 Å². The van der Waals surface area contributed by atoms with Crippen molar-refractivity contribution in [3.05, 3.63) is 41.3 Å². The Kier molecular flexibility index (Phi) is 7.66. The van der Waals surface area contributed by atoms with Gasteiger partial charge in [0.1, 0.15) is 11.6 Å². The van der Waals surface area contributed by atoms with Crippen LogP contribution in [0.3, 0.4) is 0 Å². The molecule has 3 rings (SSSR count). The molecule has 0 aliphatic carbocycles. The van der Waals surface area contributed by atoms with Crippen molar-refractivity contribution in [1.29, 1.82) is 0 Å². The fourth-order valence-electron chi connectivity index (χ4n) is 3.44. The van der Waals surface area contributed by atoms with Crippen LogP contribution >= 0.6 is 0 Å². The van der Waals surface area contributed by atoms with Gasteiger partial charge in [0.15, 0.2) is 11.5 Å². The fourth-order valence-corrected chi connectivity index (χ4v) is 3.44. The van der Waals surface area contributed by atoms with Gasteiger partial charge < -0.3 is 24.6 Å². The van der Waals surface area contributed by atoms with Crippen LogP contribution < -0.4 is 19.7 Å². The zero-order valence-electron chi connectivity index (χ0n) is 18.8. The number of nitrogens with one attached hydrogen (secondary N) is 1. The molecule has 1 aliphatic rings. The number of alkyl halides is 2. The number of carbonyl (C=O) groups excluding carboxylic acids is 1. The third-order valence-electron chi connectivity index (χ3n) is 5.15. The Bertz CT molecular complexity index is 934. The Hall–Kier alpha value is -3.17. The first-order valence-electron chi connectivity index (χ1n) is 10.5. The first-order chi connectivity index (χ1) is 15.3. The van der Waals surface area contributed by atoms with Gasteiger partial charge in [-0.1, -0.05) is 19.9 Å². The number of amides is 2. The predicted molar refractivity (Wildman–Crippen MR) is 117 cm³/mol. The molecule has 1 fully saturated rings. The second-order valence-electron chi connectivity index (χ2n) is 7.88. The van der Waals surface area contributed by atoms with Crippen LogP contribution in [0.2, 0.25) is 0 Å². The molecular weight excluding hydrogens is 420 g/mol. The van der Waals surface area contributed by atoms with E-state index in [0.29, 0.717) is 31.7 Å². The topological polar surface area (TPSA) is 79.8 Å². The maximum atomic E-state index is 12.6. The lowest BCUT2D eigenvalue weighted by molar-refractivity contribution is -0.0512. The molecule has 1 aromatic carbocycles. The van der Waals surface area contributed by atoms with Gasteiger partial charge in [-0.05, 0) is 24.6 Å². The summed E-state index contributed by atoms with van der Waals surface area (Å²) in [5.41, 5.74) is 1.65. The highest BCUT2D eigenvalue weighted by Crippen LogP contribution is 2.29. The second kappa shape index (κ2) is 10.4. The predicted octanol–water partition coefficient (Wildman–Crippen LogP) is 3.55. The summed E-state index contributed by atoms with van der Waals surface area (Å²) >= 11 is 0. The molecule has 2 heterocycles. The number of hydrogen-bond acceptors (Lipinski definition) is 6. The number of carbonyl (C=O) groups is 1. The Morgan fingerprint density at radius 3 is 2.47 bits per heavy atom. The Morgan fingerprint density at radius 2 is 1.84 bits per heavy atom. The Balaban J connectivity index is 1.54. The van der Waals surface area contributed by atoms with Crippen molar-refractivity contribution in [2.75, 3.05) is 38.2 Å². The van der Waals surface area contributed by atoms with Crippen LogP contribution in [0.15, 0.2) is 24.3 Å². The maximum Gasteiger partial charge on any atom is 0.387 e. The van der Waals surface area contributed by atoms with Crippen LogP contribution in [0, 0.1) is 6.92 Å². The first kappa shape index (κ1) is 23.5. The zero-order chi connectivity index (χ0) is 23.3. The molecule has 0 spiro atoms. The minimum absolute atomic E-state index is 0.0470. The molecule has 2 aromatic rings. The Labute approximate surface area is 186 Å². The lowest BCUT2D eigenvalue weighted by atomic mass is 10.2. The van der Waals surface area contributed by atoms with E-state index < -0.39 is 6.61 Å². The fraction of sp³-hybridized carbons (Fsp3) is 0.500. The summed E-state index contributed by atoms with van der Waals surface area (Å²) in [4.78, 5) is 25.7. The summed E-state index contributed by atoms with van der Waals surface area (Å²) in [5, 5.41) is 2.87. The van der Waals surface area contributed by atoms with E-state index in [-0.39, 0.29) is 30.0 Å². The van der Waals surface area contributed by atoms with E-state index in [9.17, 15) is 13.6 Å². The number of hydrogen-bond donors (Lipinski definition) is 1. The van der Waals surface area contributed by atoms with Gasteiger partial charge >= 0.3 is 12.6 Å². The molecule has 0 saturated carbocycles. The van der Waals surface area contributed by atoms with Crippen molar-refractivity contribution < 1.29 is 23.0 Å². The largest absolute Gasteiger partial charge is 0.493 e. The molecule has 1 aromatic heterocycles. The standard InChI is InChI=1S/C22H29F2N5O3/c1-14(2)20-26-15(3)11-19(27-20)28-7-9-29(10-8-28)22(30)25-13-16-5-6-17(32-21(23)24)18(12-16)31-4/h5-6,11-12,14,21H,7-10,13H2,1-4H3,(H,25,30). The maximum absolute atomic E-state index is 12.6. The first-order valence-corrected chi connectivity index (χ1v) is 10.5. The van der Waals surface area contributed by atoms with Gasteiger partial charge in [-0.15, -0.1) is 0 Å². The number of ether oxygens (including phenoxy) is 2. The van der Waals surface area contributed by atoms with E-state index in [0.717, 1.165) is 17.3 Å². The average Bonchev–Trinajstić information content (AvgIpc) is 2.77. The lowest BCUT2D eigenvalue weighted by Gasteiger charge is -2.35. The van der Waals surface area contributed by atoms with Gasteiger partial charge in [0.05, 0.1) is 7.11 Å². The molecule has 174 valence electrons. The molecule has 1 saturated heterocycles. The van der Waals surface area contributed by atoms with Crippen LogP contribution in [-0.4, -0.2) is 60.8 Å². The number of urea groups is 1. The molecule has 0 unspecified atom stereocenters. The summed E-state index contributed by atoms with van der Waals surface area (Å²) in [6.07, 6.45) is 0. The summed E-state index contributed by atoms with van der Waals surface area (Å²) in [7, 11) is 1.37. The molecule has 32 heavy (non-hydrogen) atoms. The number of anilines is 1. The zero-order valence-corrected chi connectivity index (χ0v) is 18.8.